The molecule has 0 fully saturated rings. The van der Waals surface area contributed by atoms with Crippen LogP contribution in [0, 0.1) is 10.7 Å². The Balaban J connectivity index is 1.72. The Kier molecular flexibility index (Phi) is 7.00. The first-order valence-corrected chi connectivity index (χ1v) is 10.3. The molecule has 1 aromatic rings. The number of ether oxygens (including phenoxy) is 2. The van der Waals surface area contributed by atoms with Crippen LogP contribution in [-0.4, -0.2) is 29.7 Å². The first kappa shape index (κ1) is 21.4. The van der Waals surface area contributed by atoms with Gasteiger partial charge in [0.25, 0.3) is 6.04 Å². The molecule has 0 radical (unpaired) electrons. The van der Waals surface area contributed by atoms with Gasteiger partial charge in [-0.15, -0.1) is 0 Å². The number of carbonyl (C=O) groups is 2. The van der Waals surface area contributed by atoms with Crippen molar-refractivity contribution in [1.29, 1.82) is 0 Å². The van der Waals surface area contributed by atoms with Gasteiger partial charge in [0, 0.05) is 16.1 Å². The predicted octanol–water partition coefficient (Wildman–Crippen LogP) is 4.82. The van der Waals surface area contributed by atoms with Crippen LogP contribution >= 0.6 is 11.6 Å². The largest absolute Gasteiger partial charge is 0.480 e. The maximum absolute atomic E-state index is 14.6. The van der Waals surface area contributed by atoms with Crippen molar-refractivity contribution in [2.45, 2.75) is 57.9 Å². The van der Waals surface area contributed by atoms with Gasteiger partial charge in [0.05, 0.1) is 22.8 Å². The van der Waals surface area contributed by atoms with Crippen LogP contribution in [0.25, 0.3) is 0 Å². The average molecular weight is 425 g/mol. The Labute approximate surface area is 173 Å². The lowest BCUT2D eigenvalue weighted by Gasteiger charge is -2.11. The van der Waals surface area contributed by atoms with Gasteiger partial charge in [-0.25, -0.2) is 9.18 Å². The van der Waals surface area contributed by atoms with E-state index in [1.165, 1.54) is 6.07 Å². The standard InChI is InChI=1S/C21H24ClFNO5/c1-2-3-6-9-28-19(25)12-29-18-10-14(16(23)11-15(18)22)20-21(26)13-7-4-5-8-17(13)24(20)27/h10-11,20H,2-9,12H2,1H3/q+1. The molecule has 0 amide bonds. The highest BCUT2D eigenvalue weighted by molar-refractivity contribution is 6.32. The van der Waals surface area contributed by atoms with Gasteiger partial charge in [-0.2, -0.15) is 0 Å². The molecule has 156 valence electrons. The molecular weight excluding hydrogens is 401 g/mol. The smallest absolute Gasteiger partial charge is 0.344 e. The van der Waals surface area contributed by atoms with Crippen molar-refractivity contribution in [3.63, 3.8) is 0 Å². The number of allylic oxidation sites excluding steroid dienone is 1. The molecule has 1 unspecified atom stereocenters. The van der Waals surface area contributed by atoms with Gasteiger partial charge in [0.1, 0.15) is 11.6 Å². The highest BCUT2D eigenvalue weighted by Gasteiger charge is 2.51. The number of carbonyl (C=O) groups excluding carboxylic acids is 2. The zero-order valence-electron chi connectivity index (χ0n) is 16.3. The highest BCUT2D eigenvalue weighted by atomic mass is 35.5. The summed E-state index contributed by atoms with van der Waals surface area (Å²) < 4.78 is 25.6. The fourth-order valence-electron chi connectivity index (χ4n) is 3.67. The number of hydrogen-bond acceptors (Lipinski definition) is 5. The van der Waals surface area contributed by atoms with Crippen LogP contribution in [0.1, 0.15) is 63.5 Å². The number of benzene rings is 1. The van der Waals surface area contributed by atoms with Crippen LogP contribution in [0.15, 0.2) is 23.4 Å². The first-order chi connectivity index (χ1) is 13.9. The van der Waals surface area contributed by atoms with Gasteiger partial charge in [-0.1, -0.05) is 31.4 Å². The fourth-order valence-corrected chi connectivity index (χ4v) is 3.88. The quantitative estimate of drug-likeness (QED) is 0.340. The molecule has 1 heterocycles. The summed E-state index contributed by atoms with van der Waals surface area (Å²) in [6.45, 7) is 1.95. The van der Waals surface area contributed by atoms with E-state index in [2.05, 4.69) is 0 Å². The molecule has 1 aromatic carbocycles. The van der Waals surface area contributed by atoms with Crippen molar-refractivity contribution >= 4 is 23.4 Å². The number of Topliss-reactive ketones (excluding diaryl/α,β-unsaturated/α-hetero) is 1. The summed E-state index contributed by atoms with van der Waals surface area (Å²) in [5.41, 5.74) is 0.831. The molecule has 0 spiro atoms. The van der Waals surface area contributed by atoms with Crippen LogP contribution in [-0.2, 0) is 14.3 Å². The van der Waals surface area contributed by atoms with Crippen LogP contribution in [0.3, 0.4) is 0 Å². The summed E-state index contributed by atoms with van der Waals surface area (Å²) in [4.78, 5) is 37.2. The molecule has 0 saturated heterocycles. The predicted molar refractivity (Wildman–Crippen MR) is 104 cm³/mol. The van der Waals surface area contributed by atoms with Crippen molar-refractivity contribution in [3.05, 3.63) is 44.7 Å². The number of halogens is 2. The summed E-state index contributed by atoms with van der Waals surface area (Å²) in [5.74, 6) is -1.68. The molecule has 0 N–H and O–H groups in total. The molecule has 1 aliphatic carbocycles. The van der Waals surface area contributed by atoms with E-state index in [4.69, 9.17) is 21.1 Å². The third kappa shape index (κ3) is 4.66. The third-order valence-electron chi connectivity index (χ3n) is 5.19. The van der Waals surface area contributed by atoms with Crippen molar-refractivity contribution in [2.24, 2.45) is 0 Å². The Hall–Kier alpha value is -2.28. The first-order valence-electron chi connectivity index (χ1n) is 9.94. The van der Waals surface area contributed by atoms with Crippen LogP contribution in [0.4, 0.5) is 4.39 Å². The zero-order chi connectivity index (χ0) is 21.0. The van der Waals surface area contributed by atoms with Crippen molar-refractivity contribution < 1.29 is 28.2 Å². The lowest BCUT2D eigenvalue weighted by molar-refractivity contribution is -0.527. The normalized spacial score (nSPS) is 18.8. The molecule has 0 aromatic heterocycles. The van der Waals surface area contributed by atoms with Crippen molar-refractivity contribution in [1.82, 2.24) is 0 Å². The van der Waals surface area contributed by atoms with E-state index in [1.807, 2.05) is 6.92 Å². The Bertz CT molecular complexity index is 839. The Morgan fingerprint density at radius 1 is 1.28 bits per heavy atom. The lowest BCUT2D eigenvalue weighted by Crippen LogP contribution is -2.19. The van der Waals surface area contributed by atoms with E-state index < -0.39 is 24.4 Å². The van der Waals surface area contributed by atoms with Gasteiger partial charge in [-0.3, -0.25) is 4.79 Å². The topological polar surface area (TPSA) is 72.7 Å². The molecular formula is C21H24ClFNO5+. The van der Waals surface area contributed by atoms with Gasteiger partial charge in [-0.05, 0) is 37.8 Å². The summed E-state index contributed by atoms with van der Waals surface area (Å²) in [5, 5.41) is -0.0503. The van der Waals surface area contributed by atoms with Crippen molar-refractivity contribution in [3.8, 4) is 5.75 Å². The molecule has 0 saturated carbocycles. The molecule has 2 aliphatic rings. The molecule has 1 aliphatic heterocycles. The second kappa shape index (κ2) is 9.48. The summed E-state index contributed by atoms with van der Waals surface area (Å²) >= 11 is 6.03. The molecule has 0 bridgehead atoms. The van der Waals surface area contributed by atoms with Crippen molar-refractivity contribution in [2.75, 3.05) is 13.2 Å². The van der Waals surface area contributed by atoms with E-state index in [1.54, 1.807) is 0 Å². The van der Waals surface area contributed by atoms with Gasteiger partial charge in [0.15, 0.2) is 6.61 Å². The number of ketones is 1. The van der Waals surface area contributed by atoms with Crippen LogP contribution in [0.2, 0.25) is 5.02 Å². The zero-order valence-corrected chi connectivity index (χ0v) is 17.1. The van der Waals surface area contributed by atoms with E-state index in [0.29, 0.717) is 35.5 Å². The summed E-state index contributed by atoms with van der Waals surface area (Å²) in [6.07, 6.45) is 5.45. The number of nitroso groups, excluding NO2 is 1. The number of unbranched alkanes of at least 4 members (excludes halogenated alkanes) is 2. The lowest BCUT2D eigenvalue weighted by atomic mass is 9.93. The number of hydrogen-bond donors (Lipinski definition) is 0. The molecule has 3 rings (SSSR count). The molecule has 1 atom stereocenters. The minimum Gasteiger partial charge on any atom is -0.480 e. The SMILES string of the molecule is CCCCCOC(=O)COc1cc(C2C(=O)C3=C(CCCC3)[N+]2=O)c(F)cc1Cl. The second-order valence-corrected chi connectivity index (χ2v) is 7.65. The van der Waals surface area contributed by atoms with E-state index in [0.717, 1.165) is 38.2 Å². The summed E-state index contributed by atoms with van der Waals surface area (Å²) in [7, 11) is 0. The summed E-state index contributed by atoms with van der Waals surface area (Å²) in [6, 6.07) is 0.948. The highest BCUT2D eigenvalue weighted by Crippen LogP contribution is 2.42. The van der Waals surface area contributed by atoms with Crippen LogP contribution in [0.5, 0.6) is 5.75 Å². The number of rotatable bonds is 8. The fraction of sp³-hybridized carbons (Fsp3) is 0.524. The molecule has 8 heteroatoms. The monoisotopic (exact) mass is 424 g/mol. The minimum atomic E-state index is -1.28. The maximum atomic E-state index is 14.6. The van der Waals surface area contributed by atoms with Gasteiger partial charge >= 0.3 is 5.97 Å². The third-order valence-corrected chi connectivity index (χ3v) is 5.48. The Morgan fingerprint density at radius 3 is 2.76 bits per heavy atom. The van der Waals surface area contributed by atoms with E-state index in [-0.39, 0.29) is 22.1 Å². The van der Waals surface area contributed by atoms with Gasteiger partial charge in [0.2, 0.25) is 11.5 Å². The van der Waals surface area contributed by atoms with Crippen LogP contribution < -0.4 is 4.74 Å². The molecule has 29 heavy (non-hydrogen) atoms. The van der Waals surface area contributed by atoms with E-state index in [9.17, 15) is 18.9 Å². The minimum absolute atomic E-state index is 0.0275. The molecule has 6 nitrogen and oxygen atoms in total. The number of esters is 1. The average Bonchev–Trinajstić information content (AvgIpc) is 2.96. The number of nitrogens with zero attached hydrogens (tertiary/aromatic N) is 1. The van der Waals surface area contributed by atoms with E-state index >= 15 is 0 Å². The Morgan fingerprint density at radius 2 is 2.03 bits per heavy atom. The second-order valence-electron chi connectivity index (χ2n) is 7.25. The van der Waals surface area contributed by atoms with Gasteiger partial charge < -0.3 is 9.47 Å². The maximum Gasteiger partial charge on any atom is 0.344 e.